The number of thiocarbonyl (C=S) groups is 1. The maximum atomic E-state index is 12.4. The lowest BCUT2D eigenvalue weighted by atomic mass is 10.1. The molecular formula is C18H16ClNO3S. The van der Waals surface area contributed by atoms with Gasteiger partial charge >= 0.3 is 5.97 Å². The highest BCUT2D eigenvalue weighted by atomic mass is 35.5. The van der Waals surface area contributed by atoms with E-state index in [1.165, 1.54) is 0 Å². The summed E-state index contributed by atoms with van der Waals surface area (Å²) in [6.45, 7) is 2.74. The second kappa shape index (κ2) is 7.75. The average Bonchev–Trinajstić information content (AvgIpc) is 2.62. The minimum Gasteiger partial charge on any atom is -0.422 e. The van der Waals surface area contributed by atoms with Crippen molar-refractivity contribution < 1.29 is 14.3 Å². The Hall–Kier alpha value is -1.95. The lowest BCUT2D eigenvalue weighted by Gasteiger charge is -2.29. The highest BCUT2D eigenvalue weighted by Gasteiger charge is 2.20. The van der Waals surface area contributed by atoms with Crippen molar-refractivity contribution in [3.05, 3.63) is 64.7 Å². The Morgan fingerprint density at radius 3 is 2.38 bits per heavy atom. The first kappa shape index (κ1) is 16.9. The summed E-state index contributed by atoms with van der Waals surface area (Å²) < 4.78 is 10.9. The van der Waals surface area contributed by atoms with Crippen molar-refractivity contribution in [2.45, 2.75) is 0 Å². The molecule has 1 aliphatic heterocycles. The fraction of sp³-hybridized carbons (Fsp3) is 0.222. The molecule has 0 radical (unpaired) electrons. The van der Waals surface area contributed by atoms with E-state index in [1.54, 1.807) is 36.4 Å². The molecular weight excluding hydrogens is 346 g/mol. The molecule has 0 amide bonds. The zero-order valence-corrected chi connectivity index (χ0v) is 14.5. The molecule has 4 nitrogen and oxygen atoms in total. The van der Waals surface area contributed by atoms with Crippen LogP contribution in [0.5, 0.6) is 5.75 Å². The van der Waals surface area contributed by atoms with E-state index in [9.17, 15) is 4.79 Å². The maximum Gasteiger partial charge on any atom is 0.345 e. The van der Waals surface area contributed by atoms with Crippen LogP contribution in [-0.4, -0.2) is 42.2 Å². The molecule has 1 fully saturated rings. The number of ether oxygens (including phenoxy) is 2. The molecule has 0 saturated carbocycles. The first-order chi connectivity index (χ1) is 11.7. The average molecular weight is 362 g/mol. The number of carbonyl (C=O) groups excluding carboxylic acids is 1. The Morgan fingerprint density at radius 1 is 1.04 bits per heavy atom. The van der Waals surface area contributed by atoms with Gasteiger partial charge in [-0.05, 0) is 24.3 Å². The van der Waals surface area contributed by atoms with Gasteiger partial charge < -0.3 is 14.4 Å². The Morgan fingerprint density at radius 2 is 1.67 bits per heavy atom. The predicted octanol–water partition coefficient (Wildman–Crippen LogP) is 3.57. The molecule has 0 aliphatic carbocycles. The van der Waals surface area contributed by atoms with Gasteiger partial charge in [-0.25, -0.2) is 4.79 Å². The molecule has 0 spiro atoms. The summed E-state index contributed by atoms with van der Waals surface area (Å²) in [4.78, 5) is 15.1. The molecule has 124 valence electrons. The quantitative estimate of drug-likeness (QED) is 0.475. The molecule has 6 heteroatoms. The Kier molecular flexibility index (Phi) is 5.45. The summed E-state index contributed by atoms with van der Waals surface area (Å²) >= 11 is 11.6. The van der Waals surface area contributed by atoms with Crippen LogP contribution >= 0.6 is 23.8 Å². The minimum atomic E-state index is -0.502. The number of morpholine rings is 1. The van der Waals surface area contributed by atoms with E-state index in [0.29, 0.717) is 34.5 Å². The number of esters is 1. The van der Waals surface area contributed by atoms with Crippen LogP contribution in [0.3, 0.4) is 0 Å². The van der Waals surface area contributed by atoms with Crippen molar-refractivity contribution in [3.63, 3.8) is 0 Å². The lowest BCUT2D eigenvalue weighted by molar-refractivity contribution is 0.0687. The van der Waals surface area contributed by atoms with Gasteiger partial charge in [0.15, 0.2) is 0 Å². The van der Waals surface area contributed by atoms with Gasteiger partial charge in [-0.3, -0.25) is 0 Å². The third-order valence-electron chi connectivity index (χ3n) is 3.71. The molecule has 1 saturated heterocycles. The fourth-order valence-electron chi connectivity index (χ4n) is 2.45. The molecule has 24 heavy (non-hydrogen) atoms. The van der Waals surface area contributed by atoms with Gasteiger partial charge in [-0.1, -0.05) is 48.1 Å². The maximum absolute atomic E-state index is 12.4. The van der Waals surface area contributed by atoms with E-state index in [-0.39, 0.29) is 0 Å². The summed E-state index contributed by atoms with van der Waals surface area (Å²) in [6, 6.07) is 14.1. The van der Waals surface area contributed by atoms with Gasteiger partial charge in [-0.2, -0.15) is 0 Å². The van der Waals surface area contributed by atoms with Crippen LogP contribution in [0.25, 0.3) is 0 Å². The fourth-order valence-corrected chi connectivity index (χ4v) is 3.01. The molecule has 0 unspecified atom stereocenters. The highest BCUT2D eigenvalue weighted by molar-refractivity contribution is 7.80. The van der Waals surface area contributed by atoms with E-state index < -0.39 is 5.97 Å². The van der Waals surface area contributed by atoms with Gasteiger partial charge in [0.2, 0.25) is 0 Å². The molecule has 0 aromatic heterocycles. The monoisotopic (exact) mass is 361 g/mol. The molecule has 2 aromatic carbocycles. The zero-order valence-electron chi connectivity index (χ0n) is 12.9. The second-order valence-corrected chi connectivity index (χ2v) is 6.06. The van der Waals surface area contributed by atoms with Gasteiger partial charge in [-0.15, -0.1) is 0 Å². The first-order valence-electron chi connectivity index (χ1n) is 7.59. The van der Waals surface area contributed by atoms with Crippen molar-refractivity contribution in [2.75, 3.05) is 26.3 Å². The largest absolute Gasteiger partial charge is 0.422 e. The van der Waals surface area contributed by atoms with E-state index >= 15 is 0 Å². The molecule has 3 rings (SSSR count). The number of rotatable bonds is 3. The van der Waals surface area contributed by atoms with Gasteiger partial charge in [0.25, 0.3) is 0 Å². The van der Waals surface area contributed by atoms with E-state index in [0.717, 1.165) is 18.7 Å². The summed E-state index contributed by atoms with van der Waals surface area (Å²) in [5.41, 5.74) is 1.04. The summed E-state index contributed by atoms with van der Waals surface area (Å²) in [5.74, 6) is -0.0725. The number of nitrogens with zero attached hydrogens (tertiary/aromatic N) is 1. The highest BCUT2D eigenvalue weighted by Crippen LogP contribution is 2.24. The second-order valence-electron chi connectivity index (χ2n) is 5.27. The lowest BCUT2D eigenvalue weighted by Crippen LogP contribution is -2.40. The van der Waals surface area contributed by atoms with Crippen LogP contribution in [0.4, 0.5) is 0 Å². The van der Waals surface area contributed by atoms with Crippen LogP contribution < -0.4 is 4.74 Å². The van der Waals surface area contributed by atoms with Gasteiger partial charge in [0.1, 0.15) is 10.7 Å². The van der Waals surface area contributed by atoms with Crippen molar-refractivity contribution in [2.24, 2.45) is 0 Å². The van der Waals surface area contributed by atoms with E-state index in [4.69, 9.17) is 33.3 Å². The number of hydrogen-bond acceptors (Lipinski definition) is 4. The van der Waals surface area contributed by atoms with Crippen LogP contribution in [0.1, 0.15) is 15.9 Å². The van der Waals surface area contributed by atoms with Crippen LogP contribution in [0, 0.1) is 0 Å². The number of carbonyl (C=O) groups is 1. The molecule has 0 atom stereocenters. The standard InChI is InChI=1S/C18H16ClNO3S/c19-15-7-3-1-5-13(15)18(21)23-16-8-4-2-6-14(16)17(24)20-9-11-22-12-10-20/h1-8H,9-12H2. The third-order valence-corrected chi connectivity index (χ3v) is 4.52. The summed E-state index contributed by atoms with van der Waals surface area (Å²) in [5, 5.41) is 0.357. The topological polar surface area (TPSA) is 38.8 Å². The first-order valence-corrected chi connectivity index (χ1v) is 8.38. The molecule has 0 N–H and O–H groups in total. The Bertz CT molecular complexity index is 759. The van der Waals surface area contributed by atoms with Crippen LogP contribution in [0.15, 0.2) is 48.5 Å². The van der Waals surface area contributed by atoms with Crippen molar-refractivity contribution >= 4 is 34.8 Å². The minimum absolute atomic E-state index is 0.325. The summed E-state index contributed by atoms with van der Waals surface area (Å²) in [6.07, 6.45) is 0. The van der Waals surface area contributed by atoms with E-state index in [2.05, 4.69) is 4.90 Å². The Balaban J connectivity index is 1.83. The zero-order chi connectivity index (χ0) is 16.9. The third kappa shape index (κ3) is 3.75. The number of para-hydroxylation sites is 1. The number of benzene rings is 2. The Labute approximate surface area is 150 Å². The molecule has 0 bridgehead atoms. The number of halogens is 1. The van der Waals surface area contributed by atoms with Gasteiger partial charge in [0.05, 0.1) is 29.4 Å². The molecule has 2 aromatic rings. The summed E-state index contributed by atoms with van der Waals surface area (Å²) in [7, 11) is 0. The van der Waals surface area contributed by atoms with Crippen LogP contribution in [0.2, 0.25) is 5.02 Å². The SMILES string of the molecule is O=C(Oc1ccccc1C(=S)N1CCOCC1)c1ccccc1Cl. The predicted molar refractivity (Wildman–Crippen MR) is 96.9 cm³/mol. The van der Waals surface area contributed by atoms with Gasteiger partial charge in [0, 0.05) is 13.1 Å². The van der Waals surface area contributed by atoms with E-state index in [1.807, 2.05) is 12.1 Å². The smallest absolute Gasteiger partial charge is 0.345 e. The van der Waals surface area contributed by atoms with Crippen molar-refractivity contribution in [3.8, 4) is 5.75 Å². The van der Waals surface area contributed by atoms with Crippen molar-refractivity contribution in [1.82, 2.24) is 4.90 Å². The molecule has 1 aliphatic rings. The normalized spacial score (nSPS) is 14.3. The molecule has 1 heterocycles. The van der Waals surface area contributed by atoms with Crippen molar-refractivity contribution in [1.29, 1.82) is 0 Å². The number of hydrogen-bond donors (Lipinski definition) is 0. The van der Waals surface area contributed by atoms with Crippen LogP contribution in [-0.2, 0) is 4.74 Å².